The van der Waals surface area contributed by atoms with Crippen molar-refractivity contribution >= 4 is 18.4 Å². The molecule has 0 bridgehead atoms. The number of hydrogen-bond acceptors (Lipinski definition) is 4. The number of Topliss-reactive ketones (excluding diaryl/α,β-unsaturated/α-hetero) is 1. The van der Waals surface area contributed by atoms with Crippen LogP contribution in [0, 0.1) is 0 Å². The van der Waals surface area contributed by atoms with Crippen molar-refractivity contribution in [3.63, 3.8) is 0 Å². The molecule has 0 radical (unpaired) electrons. The third-order valence-electron chi connectivity index (χ3n) is 1.39. The van der Waals surface area contributed by atoms with Gasteiger partial charge in [-0.25, -0.2) is 0 Å². The molecule has 0 heterocycles. The summed E-state index contributed by atoms with van der Waals surface area (Å²) >= 11 is 3.74. The summed E-state index contributed by atoms with van der Waals surface area (Å²) in [6.45, 7) is 1.86. The molecule has 0 fully saturated rings. The van der Waals surface area contributed by atoms with Crippen LogP contribution >= 0.6 is 12.6 Å². The molecule has 0 spiro atoms. The lowest BCUT2D eigenvalue weighted by Crippen LogP contribution is -2.33. The Morgan fingerprint density at radius 3 is 2.36 bits per heavy atom. The molecule has 0 aliphatic heterocycles. The topological polar surface area (TPSA) is 57.5 Å². The monoisotopic (exact) mass is 178 g/mol. The fourth-order valence-electron chi connectivity index (χ4n) is 0.728. The number of rotatable bonds is 5. The van der Waals surface area contributed by atoms with Crippen LogP contribution in [0.25, 0.3) is 0 Å². The highest BCUT2D eigenvalue weighted by Crippen LogP contribution is 2.01. The van der Waals surface area contributed by atoms with Gasteiger partial charge >= 0.3 is 0 Å². The molecule has 0 saturated heterocycles. The molecule has 66 valence electrons. The fraction of sp³-hybridized carbons (Fsp3) is 0.857. The van der Waals surface area contributed by atoms with Crippen LogP contribution in [0.5, 0.6) is 0 Å². The Morgan fingerprint density at radius 2 is 2.00 bits per heavy atom. The van der Waals surface area contributed by atoms with Crippen LogP contribution in [0.3, 0.4) is 0 Å². The number of carbonyl (C=O) groups excluding carboxylic acids is 1. The maximum absolute atomic E-state index is 10.9. The lowest BCUT2D eigenvalue weighted by atomic mass is 10.1. The lowest BCUT2D eigenvalue weighted by Gasteiger charge is -2.11. The number of aliphatic hydroxyl groups excluding tert-OH is 2. The van der Waals surface area contributed by atoms with Gasteiger partial charge in [-0.1, -0.05) is 13.3 Å². The van der Waals surface area contributed by atoms with Crippen molar-refractivity contribution in [3.05, 3.63) is 0 Å². The summed E-state index contributed by atoms with van der Waals surface area (Å²) in [6, 6.07) is 0. The van der Waals surface area contributed by atoms with E-state index in [2.05, 4.69) is 12.6 Å². The van der Waals surface area contributed by atoms with Gasteiger partial charge in [-0.05, 0) is 6.42 Å². The van der Waals surface area contributed by atoms with Crippen LogP contribution in [0.1, 0.15) is 19.8 Å². The molecule has 0 aromatic rings. The summed E-state index contributed by atoms with van der Waals surface area (Å²) in [6.07, 6.45) is -1.02. The van der Waals surface area contributed by atoms with Gasteiger partial charge in [0.1, 0.15) is 12.2 Å². The number of carbonyl (C=O) groups is 1. The highest BCUT2D eigenvalue weighted by atomic mass is 32.1. The number of ketones is 1. The molecule has 0 amide bonds. The van der Waals surface area contributed by atoms with E-state index in [-0.39, 0.29) is 5.75 Å². The van der Waals surface area contributed by atoms with E-state index in [4.69, 9.17) is 10.2 Å². The van der Waals surface area contributed by atoms with Crippen molar-refractivity contribution in [3.8, 4) is 0 Å². The van der Waals surface area contributed by atoms with Crippen LogP contribution in [-0.2, 0) is 4.79 Å². The zero-order valence-electron chi connectivity index (χ0n) is 6.53. The second kappa shape index (κ2) is 5.57. The summed E-state index contributed by atoms with van der Waals surface area (Å²) in [5.41, 5.74) is 0. The van der Waals surface area contributed by atoms with Crippen LogP contribution in [-0.4, -0.2) is 34.0 Å². The van der Waals surface area contributed by atoms with Crippen LogP contribution < -0.4 is 0 Å². The van der Waals surface area contributed by atoms with E-state index in [1.54, 1.807) is 0 Å². The lowest BCUT2D eigenvalue weighted by molar-refractivity contribution is -0.134. The van der Waals surface area contributed by atoms with Gasteiger partial charge < -0.3 is 10.2 Å². The van der Waals surface area contributed by atoms with Gasteiger partial charge in [0.15, 0.2) is 5.78 Å². The first-order chi connectivity index (χ1) is 5.13. The third-order valence-corrected chi connectivity index (χ3v) is 1.74. The quantitative estimate of drug-likeness (QED) is 0.520. The average molecular weight is 178 g/mol. The Labute approximate surface area is 71.8 Å². The zero-order chi connectivity index (χ0) is 8.85. The average Bonchev–Trinajstić information content (AvgIpc) is 2.02. The Kier molecular flexibility index (Phi) is 5.54. The zero-order valence-corrected chi connectivity index (χ0v) is 7.42. The van der Waals surface area contributed by atoms with Crippen LogP contribution in [0.15, 0.2) is 0 Å². The predicted molar refractivity (Wildman–Crippen MR) is 45.8 cm³/mol. The summed E-state index contributed by atoms with van der Waals surface area (Å²) in [5, 5.41) is 18.0. The Balaban J connectivity index is 3.81. The minimum Gasteiger partial charge on any atom is -0.385 e. The van der Waals surface area contributed by atoms with E-state index < -0.39 is 18.0 Å². The van der Waals surface area contributed by atoms with Crippen molar-refractivity contribution < 1.29 is 15.0 Å². The van der Waals surface area contributed by atoms with Crippen LogP contribution in [0.4, 0.5) is 0 Å². The SMILES string of the molecule is CCC[C@@H](O)C(=O)[C@@H](O)CS. The predicted octanol–water partition coefficient (Wildman–Crippen LogP) is 0.00720. The molecule has 4 heteroatoms. The maximum Gasteiger partial charge on any atom is 0.190 e. The van der Waals surface area contributed by atoms with Gasteiger partial charge in [0.25, 0.3) is 0 Å². The number of aliphatic hydroxyl groups is 2. The molecule has 2 N–H and O–H groups in total. The first-order valence-electron chi connectivity index (χ1n) is 3.64. The summed E-state index contributed by atoms with van der Waals surface area (Å²) < 4.78 is 0. The van der Waals surface area contributed by atoms with E-state index in [9.17, 15) is 4.79 Å². The van der Waals surface area contributed by atoms with Gasteiger partial charge in [0, 0.05) is 5.75 Å². The normalized spacial score (nSPS) is 16.0. The van der Waals surface area contributed by atoms with Crippen LogP contribution in [0.2, 0.25) is 0 Å². The smallest absolute Gasteiger partial charge is 0.190 e. The van der Waals surface area contributed by atoms with E-state index in [1.807, 2.05) is 6.92 Å². The Morgan fingerprint density at radius 1 is 1.45 bits per heavy atom. The summed E-state index contributed by atoms with van der Waals surface area (Å²) in [5.74, 6) is -0.457. The Bertz CT molecular complexity index is 127. The van der Waals surface area contributed by atoms with Crippen molar-refractivity contribution in [1.29, 1.82) is 0 Å². The van der Waals surface area contributed by atoms with Crippen molar-refractivity contribution in [2.24, 2.45) is 0 Å². The van der Waals surface area contributed by atoms with Gasteiger partial charge in [-0.2, -0.15) is 12.6 Å². The van der Waals surface area contributed by atoms with Gasteiger partial charge in [0.2, 0.25) is 0 Å². The minimum absolute atomic E-state index is 0.0691. The molecular weight excluding hydrogens is 164 g/mol. The molecule has 0 saturated carbocycles. The highest BCUT2D eigenvalue weighted by Gasteiger charge is 2.20. The number of thiol groups is 1. The highest BCUT2D eigenvalue weighted by molar-refractivity contribution is 7.80. The van der Waals surface area contributed by atoms with E-state index in [0.717, 1.165) is 6.42 Å². The van der Waals surface area contributed by atoms with E-state index in [1.165, 1.54) is 0 Å². The third kappa shape index (κ3) is 3.74. The minimum atomic E-state index is -1.13. The Hall–Kier alpha value is -0.0600. The molecule has 0 aliphatic rings. The first kappa shape index (κ1) is 10.9. The molecular formula is C7H14O3S. The molecule has 0 aromatic heterocycles. The van der Waals surface area contributed by atoms with E-state index >= 15 is 0 Å². The second-order valence-electron chi connectivity index (χ2n) is 2.41. The summed E-state index contributed by atoms with van der Waals surface area (Å²) in [4.78, 5) is 10.9. The molecule has 3 nitrogen and oxygen atoms in total. The standard InChI is InChI=1S/C7H14O3S/c1-2-3-5(8)7(10)6(9)4-11/h5-6,8-9,11H,2-4H2,1H3/t5-,6+/m1/s1. The first-order valence-corrected chi connectivity index (χ1v) is 4.27. The van der Waals surface area contributed by atoms with Gasteiger partial charge in [-0.15, -0.1) is 0 Å². The van der Waals surface area contributed by atoms with Crippen molar-refractivity contribution in [1.82, 2.24) is 0 Å². The number of hydrogen-bond donors (Lipinski definition) is 3. The molecule has 0 aromatic carbocycles. The molecule has 0 aliphatic carbocycles. The molecule has 2 atom stereocenters. The molecule has 11 heavy (non-hydrogen) atoms. The molecule has 0 rings (SSSR count). The summed E-state index contributed by atoms with van der Waals surface area (Å²) in [7, 11) is 0. The molecule has 0 unspecified atom stereocenters. The fourth-order valence-corrected chi connectivity index (χ4v) is 0.908. The van der Waals surface area contributed by atoms with E-state index in [0.29, 0.717) is 6.42 Å². The van der Waals surface area contributed by atoms with Crippen molar-refractivity contribution in [2.75, 3.05) is 5.75 Å². The second-order valence-corrected chi connectivity index (χ2v) is 2.77. The largest absolute Gasteiger partial charge is 0.385 e. The van der Waals surface area contributed by atoms with Gasteiger partial charge in [-0.3, -0.25) is 4.79 Å². The maximum atomic E-state index is 10.9. The van der Waals surface area contributed by atoms with Crippen molar-refractivity contribution in [2.45, 2.75) is 32.0 Å². The van der Waals surface area contributed by atoms with Gasteiger partial charge in [0.05, 0.1) is 0 Å².